The first-order chi connectivity index (χ1) is 7.15. The van der Waals surface area contributed by atoms with Crippen molar-refractivity contribution in [3.63, 3.8) is 0 Å². The van der Waals surface area contributed by atoms with E-state index in [4.69, 9.17) is 10.2 Å². The highest BCUT2D eigenvalue weighted by atomic mass is 16.3. The van der Waals surface area contributed by atoms with Crippen LogP contribution in [-0.4, -0.2) is 59.4 Å². The molecule has 1 aliphatic rings. The first-order valence-electron chi connectivity index (χ1n) is 5.46. The van der Waals surface area contributed by atoms with E-state index in [9.17, 15) is 4.79 Å². The molecule has 15 heavy (non-hydrogen) atoms. The van der Waals surface area contributed by atoms with Crippen LogP contribution >= 0.6 is 0 Å². The van der Waals surface area contributed by atoms with Gasteiger partial charge in [-0.3, -0.25) is 4.79 Å². The zero-order valence-electron chi connectivity index (χ0n) is 9.15. The molecule has 0 saturated carbocycles. The summed E-state index contributed by atoms with van der Waals surface area (Å²) in [4.78, 5) is 13.6. The molecule has 0 radical (unpaired) electrons. The van der Waals surface area contributed by atoms with E-state index in [1.807, 2.05) is 4.90 Å². The van der Waals surface area contributed by atoms with Crippen molar-refractivity contribution >= 4 is 5.91 Å². The Labute approximate surface area is 90.1 Å². The largest absolute Gasteiger partial charge is 0.394 e. The van der Waals surface area contributed by atoms with Gasteiger partial charge in [0.15, 0.2) is 0 Å². The van der Waals surface area contributed by atoms with Crippen molar-refractivity contribution in [2.45, 2.75) is 31.9 Å². The Hall–Kier alpha value is -0.650. The Morgan fingerprint density at radius 2 is 2.07 bits per heavy atom. The normalized spacial score (nSPS) is 20.3. The third-order valence-electron chi connectivity index (χ3n) is 2.66. The summed E-state index contributed by atoms with van der Waals surface area (Å²) in [6, 6.07) is -0.288. The van der Waals surface area contributed by atoms with Crippen LogP contribution in [0.5, 0.6) is 0 Å². The molecule has 0 bridgehead atoms. The molecule has 0 spiro atoms. The van der Waals surface area contributed by atoms with Gasteiger partial charge in [-0.05, 0) is 19.8 Å². The van der Waals surface area contributed by atoms with Gasteiger partial charge in [-0.2, -0.15) is 0 Å². The number of aliphatic hydroxyl groups excluding tert-OH is 2. The molecule has 0 aliphatic carbocycles. The van der Waals surface area contributed by atoms with E-state index >= 15 is 0 Å². The third kappa shape index (κ3) is 3.77. The molecule has 1 amide bonds. The lowest BCUT2D eigenvalue weighted by molar-refractivity contribution is -0.132. The predicted octanol–water partition coefficient (Wildman–Crippen LogP) is -1.06. The summed E-state index contributed by atoms with van der Waals surface area (Å²) in [5, 5.41) is 20.6. The SMILES string of the molecule is CC(NC[C@H](O)CO)C(=O)N1CCCC1. The number of carbonyl (C=O) groups excluding carboxylic acids is 1. The second-order valence-corrected chi connectivity index (χ2v) is 4.00. The molecule has 1 heterocycles. The van der Waals surface area contributed by atoms with Crippen LogP contribution < -0.4 is 5.32 Å². The highest BCUT2D eigenvalue weighted by Crippen LogP contribution is 2.08. The fourth-order valence-electron chi connectivity index (χ4n) is 1.68. The Morgan fingerprint density at radius 3 is 2.60 bits per heavy atom. The third-order valence-corrected chi connectivity index (χ3v) is 2.66. The van der Waals surface area contributed by atoms with E-state index in [0.29, 0.717) is 0 Å². The van der Waals surface area contributed by atoms with Crippen molar-refractivity contribution < 1.29 is 15.0 Å². The summed E-state index contributed by atoms with van der Waals surface area (Å²) in [5.41, 5.74) is 0. The molecule has 3 N–H and O–H groups in total. The molecule has 5 heteroatoms. The number of aliphatic hydroxyl groups is 2. The highest BCUT2D eigenvalue weighted by molar-refractivity contribution is 5.81. The van der Waals surface area contributed by atoms with Gasteiger partial charge >= 0.3 is 0 Å². The van der Waals surface area contributed by atoms with Gasteiger partial charge in [-0.15, -0.1) is 0 Å². The van der Waals surface area contributed by atoms with Crippen molar-refractivity contribution in [1.82, 2.24) is 10.2 Å². The number of hydrogen-bond acceptors (Lipinski definition) is 4. The number of hydrogen-bond donors (Lipinski definition) is 3. The maximum Gasteiger partial charge on any atom is 0.239 e. The first kappa shape index (κ1) is 12.4. The lowest BCUT2D eigenvalue weighted by atomic mass is 10.2. The number of amides is 1. The molecule has 0 aromatic carbocycles. The average molecular weight is 216 g/mol. The summed E-state index contributed by atoms with van der Waals surface area (Å²) in [6.07, 6.45) is 1.37. The summed E-state index contributed by atoms with van der Waals surface area (Å²) in [7, 11) is 0. The summed E-state index contributed by atoms with van der Waals surface area (Å²) in [5.74, 6) is 0.0811. The van der Waals surface area contributed by atoms with E-state index in [-0.39, 0.29) is 25.1 Å². The zero-order chi connectivity index (χ0) is 11.3. The second-order valence-electron chi connectivity index (χ2n) is 4.00. The van der Waals surface area contributed by atoms with Crippen molar-refractivity contribution in [1.29, 1.82) is 0 Å². The summed E-state index contributed by atoms with van der Waals surface area (Å²) >= 11 is 0. The molecule has 1 aliphatic heterocycles. The van der Waals surface area contributed by atoms with Gasteiger partial charge in [-0.1, -0.05) is 0 Å². The lowest BCUT2D eigenvalue weighted by Gasteiger charge is -2.21. The van der Waals surface area contributed by atoms with Gasteiger partial charge in [-0.25, -0.2) is 0 Å². The Bertz CT molecular complexity index is 205. The molecule has 1 unspecified atom stereocenters. The van der Waals surface area contributed by atoms with Crippen LogP contribution in [0.25, 0.3) is 0 Å². The molecule has 0 aromatic heterocycles. The van der Waals surface area contributed by atoms with Crippen LogP contribution in [0.3, 0.4) is 0 Å². The number of nitrogens with one attached hydrogen (secondary N) is 1. The molecule has 1 fully saturated rings. The van der Waals surface area contributed by atoms with Gasteiger partial charge < -0.3 is 20.4 Å². The maximum atomic E-state index is 11.8. The van der Waals surface area contributed by atoms with Crippen LogP contribution in [0.4, 0.5) is 0 Å². The minimum atomic E-state index is -0.793. The topological polar surface area (TPSA) is 72.8 Å². The molecular formula is C10H20N2O3. The van der Waals surface area contributed by atoms with Gasteiger partial charge in [0, 0.05) is 19.6 Å². The lowest BCUT2D eigenvalue weighted by Crippen LogP contribution is -2.46. The fraction of sp³-hybridized carbons (Fsp3) is 0.900. The number of carbonyl (C=O) groups is 1. The van der Waals surface area contributed by atoms with Crippen LogP contribution in [-0.2, 0) is 4.79 Å². The number of likely N-dealkylation sites (tertiary alicyclic amines) is 1. The summed E-state index contributed by atoms with van der Waals surface area (Å²) < 4.78 is 0. The Kier molecular flexibility index (Phi) is 5.01. The van der Waals surface area contributed by atoms with Gasteiger partial charge in [0.2, 0.25) is 5.91 Å². The summed E-state index contributed by atoms with van der Waals surface area (Å²) in [6.45, 7) is 3.43. The van der Waals surface area contributed by atoms with Crippen molar-refractivity contribution in [3.8, 4) is 0 Å². The smallest absolute Gasteiger partial charge is 0.239 e. The van der Waals surface area contributed by atoms with Crippen LogP contribution in [0.1, 0.15) is 19.8 Å². The van der Waals surface area contributed by atoms with Crippen molar-refractivity contribution in [2.75, 3.05) is 26.2 Å². The Morgan fingerprint density at radius 1 is 1.47 bits per heavy atom. The van der Waals surface area contributed by atoms with E-state index in [1.165, 1.54) is 0 Å². The second kappa shape index (κ2) is 6.05. The van der Waals surface area contributed by atoms with Crippen LogP contribution in [0.2, 0.25) is 0 Å². The van der Waals surface area contributed by atoms with E-state index < -0.39 is 6.10 Å². The number of rotatable bonds is 5. The molecule has 1 saturated heterocycles. The van der Waals surface area contributed by atoms with Crippen LogP contribution in [0, 0.1) is 0 Å². The minimum absolute atomic E-state index is 0.0811. The minimum Gasteiger partial charge on any atom is -0.394 e. The zero-order valence-corrected chi connectivity index (χ0v) is 9.15. The van der Waals surface area contributed by atoms with Gasteiger partial charge in [0.05, 0.1) is 18.8 Å². The molecule has 0 aromatic rings. The van der Waals surface area contributed by atoms with E-state index in [1.54, 1.807) is 6.92 Å². The monoisotopic (exact) mass is 216 g/mol. The molecule has 5 nitrogen and oxygen atoms in total. The molecule has 88 valence electrons. The van der Waals surface area contributed by atoms with Crippen molar-refractivity contribution in [2.24, 2.45) is 0 Å². The van der Waals surface area contributed by atoms with E-state index in [2.05, 4.69) is 5.32 Å². The highest BCUT2D eigenvalue weighted by Gasteiger charge is 2.22. The molecule has 1 rings (SSSR count). The Balaban J connectivity index is 2.26. The van der Waals surface area contributed by atoms with E-state index in [0.717, 1.165) is 25.9 Å². The molecule has 2 atom stereocenters. The average Bonchev–Trinajstić information content (AvgIpc) is 2.77. The van der Waals surface area contributed by atoms with Gasteiger partial charge in [0.25, 0.3) is 0 Å². The standard InChI is InChI=1S/C10H20N2O3/c1-8(11-6-9(14)7-13)10(15)12-4-2-3-5-12/h8-9,11,13-14H,2-7H2,1H3/t8?,9-/m0/s1. The number of nitrogens with zero attached hydrogens (tertiary/aromatic N) is 1. The fourth-order valence-corrected chi connectivity index (χ4v) is 1.68. The quantitative estimate of drug-likeness (QED) is 0.548. The first-order valence-corrected chi connectivity index (χ1v) is 5.46. The van der Waals surface area contributed by atoms with Crippen molar-refractivity contribution in [3.05, 3.63) is 0 Å². The predicted molar refractivity (Wildman–Crippen MR) is 56.4 cm³/mol. The maximum absolute atomic E-state index is 11.8. The molecular weight excluding hydrogens is 196 g/mol. The van der Waals surface area contributed by atoms with Crippen LogP contribution in [0.15, 0.2) is 0 Å². The van der Waals surface area contributed by atoms with Gasteiger partial charge in [0.1, 0.15) is 0 Å².